The van der Waals surface area contributed by atoms with Crippen LogP contribution >= 0.6 is 12.6 Å². The first-order valence-electron chi connectivity index (χ1n) is 6.73. The molecule has 104 valence electrons. The molecule has 0 unspecified atom stereocenters. The van der Waals surface area contributed by atoms with Crippen molar-refractivity contribution < 1.29 is 4.79 Å². The van der Waals surface area contributed by atoms with Crippen LogP contribution in [0, 0.1) is 6.92 Å². The van der Waals surface area contributed by atoms with Crippen LogP contribution in [0.4, 0.5) is 0 Å². The molecular formula is C17H19NOS. The number of carbonyl (C=O) groups excluding carboxylic acids is 1. The van der Waals surface area contributed by atoms with Gasteiger partial charge in [-0.2, -0.15) is 0 Å². The maximum Gasteiger partial charge on any atom is 0.224 e. The molecule has 0 aliphatic heterocycles. The number of hydrogen-bond donors (Lipinski definition) is 2. The molecule has 20 heavy (non-hydrogen) atoms. The zero-order chi connectivity index (χ0) is 14.4. The number of amides is 1. The van der Waals surface area contributed by atoms with Crippen molar-refractivity contribution in [3.63, 3.8) is 0 Å². The summed E-state index contributed by atoms with van der Waals surface area (Å²) in [6.45, 7) is 2.75. The highest BCUT2D eigenvalue weighted by molar-refractivity contribution is 7.80. The maximum absolute atomic E-state index is 11.8. The molecule has 2 aromatic carbocycles. The summed E-state index contributed by atoms with van der Waals surface area (Å²) in [4.78, 5) is 12.7. The normalized spacial score (nSPS) is 10.3. The Kier molecular flexibility index (Phi) is 5.24. The minimum Gasteiger partial charge on any atom is -0.355 e. The molecule has 0 saturated carbocycles. The second kappa shape index (κ2) is 7.15. The standard InChI is InChI=1S/C17H19NOS/c1-13-3-2-4-14(11-13)9-10-18-17(19)12-15-5-7-16(20)8-6-15/h2-8,11,20H,9-10,12H2,1H3,(H,18,19). The zero-order valence-corrected chi connectivity index (χ0v) is 12.5. The van der Waals surface area contributed by atoms with E-state index in [4.69, 9.17) is 0 Å². The topological polar surface area (TPSA) is 29.1 Å². The average Bonchev–Trinajstić information content (AvgIpc) is 2.41. The van der Waals surface area contributed by atoms with Crippen molar-refractivity contribution in [1.82, 2.24) is 5.32 Å². The summed E-state index contributed by atoms with van der Waals surface area (Å²) < 4.78 is 0. The molecule has 1 N–H and O–H groups in total. The van der Waals surface area contributed by atoms with E-state index < -0.39 is 0 Å². The molecular weight excluding hydrogens is 266 g/mol. The maximum atomic E-state index is 11.8. The first-order chi connectivity index (χ1) is 9.63. The third-order valence-corrected chi connectivity index (χ3v) is 3.42. The molecule has 2 aromatic rings. The van der Waals surface area contributed by atoms with Crippen molar-refractivity contribution in [2.24, 2.45) is 0 Å². The summed E-state index contributed by atoms with van der Waals surface area (Å²) in [7, 11) is 0. The Bertz CT molecular complexity index is 578. The molecule has 0 aliphatic rings. The van der Waals surface area contributed by atoms with Crippen molar-refractivity contribution >= 4 is 18.5 Å². The van der Waals surface area contributed by atoms with E-state index in [9.17, 15) is 4.79 Å². The summed E-state index contributed by atoms with van der Waals surface area (Å²) in [6, 6.07) is 16.0. The Morgan fingerprint density at radius 3 is 2.55 bits per heavy atom. The molecule has 0 spiro atoms. The lowest BCUT2D eigenvalue weighted by Gasteiger charge is -2.06. The van der Waals surface area contributed by atoms with Crippen LogP contribution in [0.25, 0.3) is 0 Å². The largest absolute Gasteiger partial charge is 0.355 e. The Labute approximate surface area is 125 Å². The van der Waals surface area contributed by atoms with Gasteiger partial charge in [0.15, 0.2) is 0 Å². The van der Waals surface area contributed by atoms with Gasteiger partial charge in [-0.15, -0.1) is 12.6 Å². The van der Waals surface area contributed by atoms with Crippen molar-refractivity contribution in [3.8, 4) is 0 Å². The average molecular weight is 285 g/mol. The fourth-order valence-corrected chi connectivity index (χ4v) is 2.22. The van der Waals surface area contributed by atoms with E-state index in [0.717, 1.165) is 16.9 Å². The quantitative estimate of drug-likeness (QED) is 0.812. The van der Waals surface area contributed by atoms with Crippen molar-refractivity contribution in [1.29, 1.82) is 0 Å². The molecule has 2 rings (SSSR count). The van der Waals surface area contributed by atoms with Crippen LogP contribution in [-0.2, 0) is 17.6 Å². The molecule has 0 atom stereocenters. The highest BCUT2D eigenvalue weighted by Gasteiger charge is 2.03. The number of hydrogen-bond acceptors (Lipinski definition) is 2. The molecule has 0 radical (unpaired) electrons. The van der Waals surface area contributed by atoms with Gasteiger partial charge in [0.05, 0.1) is 6.42 Å². The monoisotopic (exact) mass is 285 g/mol. The fraction of sp³-hybridized carbons (Fsp3) is 0.235. The minimum atomic E-state index is 0.0598. The Morgan fingerprint density at radius 2 is 1.85 bits per heavy atom. The lowest BCUT2D eigenvalue weighted by molar-refractivity contribution is -0.120. The van der Waals surface area contributed by atoms with E-state index in [1.807, 2.05) is 30.3 Å². The van der Waals surface area contributed by atoms with Gasteiger partial charge < -0.3 is 5.32 Å². The van der Waals surface area contributed by atoms with Gasteiger partial charge in [0.25, 0.3) is 0 Å². The van der Waals surface area contributed by atoms with Gasteiger partial charge in [-0.1, -0.05) is 42.0 Å². The molecule has 2 nitrogen and oxygen atoms in total. The first-order valence-corrected chi connectivity index (χ1v) is 7.18. The number of rotatable bonds is 5. The summed E-state index contributed by atoms with van der Waals surface area (Å²) in [6.07, 6.45) is 1.28. The summed E-state index contributed by atoms with van der Waals surface area (Å²) in [5.41, 5.74) is 3.52. The summed E-state index contributed by atoms with van der Waals surface area (Å²) in [5, 5.41) is 2.96. The Morgan fingerprint density at radius 1 is 1.10 bits per heavy atom. The van der Waals surface area contributed by atoms with Crippen LogP contribution in [0.1, 0.15) is 16.7 Å². The molecule has 0 saturated heterocycles. The van der Waals surface area contributed by atoms with E-state index in [1.165, 1.54) is 11.1 Å². The van der Waals surface area contributed by atoms with E-state index in [1.54, 1.807) is 0 Å². The number of thiol groups is 1. The predicted molar refractivity (Wildman–Crippen MR) is 85.3 cm³/mol. The SMILES string of the molecule is Cc1cccc(CCNC(=O)Cc2ccc(S)cc2)c1. The van der Waals surface area contributed by atoms with Gasteiger partial charge in [-0.25, -0.2) is 0 Å². The third-order valence-electron chi connectivity index (χ3n) is 3.12. The van der Waals surface area contributed by atoms with Crippen LogP contribution in [0.5, 0.6) is 0 Å². The van der Waals surface area contributed by atoms with Gasteiger partial charge in [-0.05, 0) is 36.6 Å². The number of aryl methyl sites for hydroxylation is 1. The lowest BCUT2D eigenvalue weighted by Crippen LogP contribution is -2.27. The third kappa shape index (κ3) is 4.74. The summed E-state index contributed by atoms with van der Waals surface area (Å²) in [5.74, 6) is 0.0598. The van der Waals surface area contributed by atoms with Crippen LogP contribution < -0.4 is 5.32 Å². The first kappa shape index (κ1) is 14.7. The Hall–Kier alpha value is -1.74. The molecule has 0 heterocycles. The van der Waals surface area contributed by atoms with Crippen LogP contribution in [0.15, 0.2) is 53.4 Å². The minimum absolute atomic E-state index is 0.0598. The predicted octanol–water partition coefficient (Wildman–Crippen LogP) is 3.19. The van der Waals surface area contributed by atoms with E-state index in [2.05, 4.69) is 43.1 Å². The molecule has 0 aromatic heterocycles. The van der Waals surface area contributed by atoms with E-state index in [0.29, 0.717) is 13.0 Å². The van der Waals surface area contributed by atoms with Gasteiger partial charge in [0.2, 0.25) is 5.91 Å². The Balaban J connectivity index is 1.76. The van der Waals surface area contributed by atoms with Crippen molar-refractivity contribution in [3.05, 3.63) is 65.2 Å². The molecule has 0 aliphatic carbocycles. The van der Waals surface area contributed by atoms with Crippen molar-refractivity contribution in [2.75, 3.05) is 6.54 Å². The van der Waals surface area contributed by atoms with Gasteiger partial charge in [0, 0.05) is 11.4 Å². The highest BCUT2D eigenvalue weighted by atomic mass is 32.1. The van der Waals surface area contributed by atoms with Gasteiger partial charge in [-0.3, -0.25) is 4.79 Å². The van der Waals surface area contributed by atoms with Crippen molar-refractivity contribution in [2.45, 2.75) is 24.7 Å². The molecule has 1 amide bonds. The fourth-order valence-electron chi connectivity index (χ4n) is 2.08. The molecule has 0 bridgehead atoms. The summed E-state index contributed by atoms with van der Waals surface area (Å²) >= 11 is 4.23. The number of nitrogens with one attached hydrogen (secondary N) is 1. The number of benzene rings is 2. The van der Waals surface area contributed by atoms with Gasteiger partial charge >= 0.3 is 0 Å². The highest BCUT2D eigenvalue weighted by Crippen LogP contribution is 2.08. The van der Waals surface area contributed by atoms with Crippen LogP contribution in [0.3, 0.4) is 0 Å². The zero-order valence-electron chi connectivity index (χ0n) is 11.6. The molecule has 3 heteroatoms. The van der Waals surface area contributed by atoms with E-state index >= 15 is 0 Å². The second-order valence-corrected chi connectivity index (χ2v) is 5.45. The smallest absolute Gasteiger partial charge is 0.224 e. The van der Waals surface area contributed by atoms with Gasteiger partial charge in [0.1, 0.15) is 0 Å². The number of carbonyl (C=O) groups is 1. The molecule has 0 fully saturated rings. The van der Waals surface area contributed by atoms with E-state index in [-0.39, 0.29) is 5.91 Å². The van der Waals surface area contributed by atoms with Crippen LogP contribution in [0.2, 0.25) is 0 Å². The lowest BCUT2D eigenvalue weighted by atomic mass is 10.1. The second-order valence-electron chi connectivity index (χ2n) is 4.93. The van der Waals surface area contributed by atoms with Crippen LogP contribution in [-0.4, -0.2) is 12.5 Å².